The zero-order chi connectivity index (χ0) is 23.7. The average molecular weight is 462 g/mol. The van der Waals surface area contributed by atoms with Gasteiger partial charge in [-0.15, -0.1) is 0 Å². The number of hydrogen-bond donors (Lipinski definition) is 0. The Balaban J connectivity index is 1.27. The first-order valence-electron chi connectivity index (χ1n) is 11.8. The maximum atomic E-state index is 13.3. The van der Waals surface area contributed by atoms with Gasteiger partial charge in [0.25, 0.3) is 5.91 Å². The van der Waals surface area contributed by atoms with Crippen molar-refractivity contribution in [1.82, 2.24) is 24.6 Å². The predicted octanol–water partition coefficient (Wildman–Crippen LogP) is 2.76. The summed E-state index contributed by atoms with van der Waals surface area (Å²) in [5, 5.41) is 4.57. The van der Waals surface area contributed by atoms with E-state index >= 15 is 0 Å². The Morgan fingerprint density at radius 3 is 2.26 bits per heavy atom. The number of aryl methyl sites for hydroxylation is 2. The SMILES string of the molecule is COc1cccc(-c2cc(C(=O)N3CCN(c4cc(N5CCCC5)nc(C)n4)CC3)n(C)n2)c1. The van der Waals surface area contributed by atoms with Crippen LogP contribution >= 0.6 is 0 Å². The summed E-state index contributed by atoms with van der Waals surface area (Å²) in [6.45, 7) is 6.82. The van der Waals surface area contributed by atoms with Crippen LogP contribution in [0.15, 0.2) is 36.4 Å². The highest BCUT2D eigenvalue weighted by atomic mass is 16.5. The summed E-state index contributed by atoms with van der Waals surface area (Å²) in [6, 6.07) is 11.7. The maximum Gasteiger partial charge on any atom is 0.272 e. The zero-order valence-electron chi connectivity index (χ0n) is 20.1. The fourth-order valence-corrected chi connectivity index (χ4v) is 4.70. The van der Waals surface area contributed by atoms with Crippen molar-refractivity contribution in [3.05, 3.63) is 47.9 Å². The average Bonchev–Trinajstić information content (AvgIpc) is 3.54. The molecule has 0 unspecified atom stereocenters. The number of ether oxygens (including phenoxy) is 1. The predicted molar refractivity (Wildman–Crippen MR) is 132 cm³/mol. The summed E-state index contributed by atoms with van der Waals surface area (Å²) in [6.07, 6.45) is 2.43. The monoisotopic (exact) mass is 461 g/mol. The van der Waals surface area contributed by atoms with E-state index in [-0.39, 0.29) is 5.91 Å². The van der Waals surface area contributed by atoms with E-state index in [0.717, 1.165) is 60.6 Å². The quantitative estimate of drug-likeness (QED) is 0.578. The Bertz CT molecular complexity index is 1180. The largest absolute Gasteiger partial charge is 0.497 e. The number of aromatic nitrogens is 4. The van der Waals surface area contributed by atoms with Gasteiger partial charge in [0.15, 0.2) is 0 Å². The van der Waals surface area contributed by atoms with E-state index in [9.17, 15) is 4.79 Å². The van der Waals surface area contributed by atoms with E-state index in [1.54, 1.807) is 11.8 Å². The Kier molecular flexibility index (Phi) is 6.08. The summed E-state index contributed by atoms with van der Waals surface area (Å²) in [5.41, 5.74) is 2.27. The van der Waals surface area contributed by atoms with Gasteiger partial charge in [0.05, 0.1) is 12.8 Å². The minimum Gasteiger partial charge on any atom is -0.497 e. The van der Waals surface area contributed by atoms with E-state index in [2.05, 4.69) is 30.9 Å². The van der Waals surface area contributed by atoms with E-state index in [0.29, 0.717) is 18.8 Å². The molecule has 2 aromatic heterocycles. The van der Waals surface area contributed by atoms with Crippen LogP contribution in [0.1, 0.15) is 29.2 Å². The third kappa shape index (κ3) is 4.42. The number of piperazine rings is 1. The minimum absolute atomic E-state index is 0.000389. The highest BCUT2D eigenvalue weighted by molar-refractivity contribution is 5.94. The highest BCUT2D eigenvalue weighted by Gasteiger charge is 2.26. The number of benzene rings is 1. The molecule has 0 saturated carbocycles. The lowest BCUT2D eigenvalue weighted by Gasteiger charge is -2.35. The smallest absolute Gasteiger partial charge is 0.272 e. The van der Waals surface area contributed by atoms with Gasteiger partial charge in [-0.1, -0.05) is 12.1 Å². The highest BCUT2D eigenvalue weighted by Crippen LogP contribution is 2.26. The molecule has 0 radical (unpaired) electrons. The molecule has 2 fully saturated rings. The van der Waals surface area contributed by atoms with Crippen molar-refractivity contribution in [1.29, 1.82) is 0 Å². The molecule has 178 valence electrons. The molecular weight excluding hydrogens is 430 g/mol. The molecule has 2 aliphatic rings. The summed E-state index contributed by atoms with van der Waals surface area (Å²) in [4.78, 5) is 29.1. The second-order valence-electron chi connectivity index (χ2n) is 8.88. The summed E-state index contributed by atoms with van der Waals surface area (Å²) in [7, 11) is 3.46. The molecule has 2 aliphatic heterocycles. The van der Waals surface area contributed by atoms with E-state index in [1.165, 1.54) is 12.8 Å². The number of amides is 1. The summed E-state index contributed by atoms with van der Waals surface area (Å²) >= 11 is 0. The Hall–Kier alpha value is -3.62. The van der Waals surface area contributed by atoms with Crippen LogP contribution in [0.3, 0.4) is 0 Å². The van der Waals surface area contributed by atoms with Crippen LogP contribution in [0.4, 0.5) is 11.6 Å². The number of hydrogen-bond acceptors (Lipinski definition) is 7. The summed E-state index contributed by atoms with van der Waals surface area (Å²) in [5.74, 6) is 3.51. The van der Waals surface area contributed by atoms with Gasteiger partial charge in [-0.2, -0.15) is 5.10 Å². The van der Waals surface area contributed by atoms with Crippen molar-refractivity contribution in [3.8, 4) is 17.0 Å². The molecule has 1 amide bonds. The number of methoxy groups -OCH3 is 1. The van der Waals surface area contributed by atoms with Crippen LogP contribution in [-0.2, 0) is 7.05 Å². The van der Waals surface area contributed by atoms with Crippen molar-refractivity contribution in [2.45, 2.75) is 19.8 Å². The lowest BCUT2D eigenvalue weighted by Crippen LogP contribution is -2.49. The Labute approximate surface area is 200 Å². The molecule has 9 nitrogen and oxygen atoms in total. The van der Waals surface area contributed by atoms with Crippen molar-refractivity contribution in [2.24, 2.45) is 7.05 Å². The molecule has 5 rings (SSSR count). The fourth-order valence-electron chi connectivity index (χ4n) is 4.70. The van der Waals surface area contributed by atoms with Crippen LogP contribution in [0.5, 0.6) is 5.75 Å². The van der Waals surface area contributed by atoms with Crippen LogP contribution in [0, 0.1) is 6.92 Å². The van der Waals surface area contributed by atoms with Crippen molar-refractivity contribution < 1.29 is 9.53 Å². The molecule has 3 aromatic rings. The minimum atomic E-state index is 0.000389. The Morgan fingerprint density at radius 2 is 1.59 bits per heavy atom. The topological polar surface area (TPSA) is 79.6 Å². The number of anilines is 2. The van der Waals surface area contributed by atoms with Gasteiger partial charge in [0, 0.05) is 57.9 Å². The van der Waals surface area contributed by atoms with Crippen molar-refractivity contribution >= 4 is 17.5 Å². The third-order valence-electron chi connectivity index (χ3n) is 6.60. The van der Waals surface area contributed by atoms with Crippen LogP contribution in [0.2, 0.25) is 0 Å². The number of carbonyl (C=O) groups excluding carboxylic acids is 1. The van der Waals surface area contributed by atoms with E-state index in [1.807, 2.05) is 49.2 Å². The molecule has 2 saturated heterocycles. The first-order chi connectivity index (χ1) is 16.5. The van der Waals surface area contributed by atoms with Crippen molar-refractivity contribution in [2.75, 3.05) is 56.2 Å². The summed E-state index contributed by atoms with van der Waals surface area (Å²) < 4.78 is 6.99. The van der Waals surface area contributed by atoms with E-state index in [4.69, 9.17) is 4.74 Å². The van der Waals surface area contributed by atoms with E-state index < -0.39 is 0 Å². The molecule has 0 aliphatic carbocycles. The van der Waals surface area contributed by atoms with Gasteiger partial charge in [0.1, 0.15) is 28.9 Å². The van der Waals surface area contributed by atoms with Crippen LogP contribution in [0.25, 0.3) is 11.3 Å². The molecule has 0 N–H and O–H groups in total. The molecule has 0 bridgehead atoms. The molecule has 4 heterocycles. The van der Waals surface area contributed by atoms with Crippen LogP contribution in [-0.4, -0.2) is 76.9 Å². The van der Waals surface area contributed by atoms with Gasteiger partial charge in [-0.3, -0.25) is 9.48 Å². The standard InChI is InChI=1S/C25H31N7O2/c1-18-26-23(30-9-4-5-10-30)17-24(27-18)31-11-13-32(14-12-31)25(33)22-16-21(28-29(22)2)19-7-6-8-20(15-19)34-3/h6-8,15-17H,4-5,9-14H2,1-3H3. The van der Waals surface area contributed by atoms with Gasteiger partial charge >= 0.3 is 0 Å². The molecule has 34 heavy (non-hydrogen) atoms. The van der Waals surface area contributed by atoms with Gasteiger partial charge in [-0.05, 0) is 38.0 Å². The first kappa shape index (κ1) is 22.2. The van der Waals surface area contributed by atoms with Gasteiger partial charge in [0.2, 0.25) is 0 Å². The Morgan fingerprint density at radius 1 is 0.912 bits per heavy atom. The van der Waals surface area contributed by atoms with Gasteiger partial charge < -0.3 is 19.4 Å². The number of nitrogens with zero attached hydrogens (tertiary/aromatic N) is 7. The number of carbonyl (C=O) groups is 1. The lowest BCUT2D eigenvalue weighted by atomic mass is 10.1. The molecule has 0 atom stereocenters. The maximum absolute atomic E-state index is 13.3. The molecule has 9 heteroatoms. The molecular formula is C25H31N7O2. The zero-order valence-corrected chi connectivity index (χ0v) is 20.1. The normalized spacial score (nSPS) is 16.3. The second kappa shape index (κ2) is 9.32. The first-order valence-corrected chi connectivity index (χ1v) is 11.8. The molecule has 0 spiro atoms. The second-order valence-corrected chi connectivity index (χ2v) is 8.88. The number of rotatable bonds is 5. The van der Waals surface area contributed by atoms with Crippen LogP contribution < -0.4 is 14.5 Å². The molecule has 1 aromatic carbocycles. The third-order valence-corrected chi connectivity index (χ3v) is 6.60. The van der Waals surface area contributed by atoms with Gasteiger partial charge in [-0.25, -0.2) is 9.97 Å². The lowest BCUT2D eigenvalue weighted by molar-refractivity contribution is 0.0735. The van der Waals surface area contributed by atoms with Crippen molar-refractivity contribution in [3.63, 3.8) is 0 Å². The fraction of sp³-hybridized carbons (Fsp3) is 0.440.